The van der Waals surface area contributed by atoms with Gasteiger partial charge in [-0.15, -0.1) is 0 Å². The number of benzene rings is 1. The molecule has 9 nitrogen and oxygen atoms in total. The zero-order valence-corrected chi connectivity index (χ0v) is 26.0. The van der Waals surface area contributed by atoms with Crippen molar-refractivity contribution in [3.05, 3.63) is 34.9 Å². The molecule has 10 heteroatoms. The summed E-state index contributed by atoms with van der Waals surface area (Å²) < 4.78 is 0. The van der Waals surface area contributed by atoms with Crippen LogP contribution in [0.15, 0.2) is 24.3 Å². The number of amides is 3. The fraction of sp³-hybridized carbons (Fsp3) is 0.697. The predicted octanol–water partition coefficient (Wildman–Crippen LogP) is 4.59. The van der Waals surface area contributed by atoms with E-state index in [0.29, 0.717) is 49.1 Å². The van der Waals surface area contributed by atoms with Gasteiger partial charge in [0.05, 0.1) is 6.04 Å². The molecular formula is C33H49ClN4O5. The number of rotatable bonds is 13. The van der Waals surface area contributed by atoms with Crippen LogP contribution in [0.25, 0.3) is 0 Å². The molecule has 0 unspecified atom stereocenters. The normalized spacial score (nSPS) is 22.0. The lowest BCUT2D eigenvalue weighted by atomic mass is 9.84. The summed E-state index contributed by atoms with van der Waals surface area (Å²) in [5.41, 5.74) is 7.14. The van der Waals surface area contributed by atoms with Gasteiger partial charge in [0.15, 0.2) is 0 Å². The Hall–Kier alpha value is -2.65. The molecule has 3 aliphatic rings. The smallest absolute Gasteiger partial charge is 0.326 e. The number of carbonyl (C=O) groups is 4. The van der Waals surface area contributed by atoms with E-state index in [-0.39, 0.29) is 18.2 Å². The average Bonchev–Trinajstić information content (AvgIpc) is 3.51. The van der Waals surface area contributed by atoms with Crippen LogP contribution >= 0.6 is 11.6 Å². The van der Waals surface area contributed by atoms with Gasteiger partial charge in [-0.1, -0.05) is 87.9 Å². The van der Waals surface area contributed by atoms with Crippen LogP contribution in [0.1, 0.15) is 102 Å². The molecule has 1 aromatic carbocycles. The molecule has 1 aromatic rings. The van der Waals surface area contributed by atoms with Crippen molar-refractivity contribution in [2.24, 2.45) is 17.6 Å². The summed E-state index contributed by atoms with van der Waals surface area (Å²) in [7, 11) is 0. The molecule has 4 atom stereocenters. The highest BCUT2D eigenvalue weighted by atomic mass is 35.5. The number of nitrogens with zero attached hydrogens (tertiary/aromatic N) is 1. The SMILES string of the molecule is N[C@@H](CC1CCCCC1)C(=O)N[C@@H](Cc1ccc(Cl)cc1)C(=O)N[C@@H](CCC1CCCCC1)C(=O)N1CCC[C@H]1C(=O)O. The highest BCUT2D eigenvalue weighted by molar-refractivity contribution is 6.30. The lowest BCUT2D eigenvalue weighted by Crippen LogP contribution is -2.57. The topological polar surface area (TPSA) is 142 Å². The Kier molecular flexibility index (Phi) is 12.7. The van der Waals surface area contributed by atoms with Gasteiger partial charge in [0.2, 0.25) is 17.7 Å². The number of nitrogens with two attached hydrogens (primary N) is 1. The summed E-state index contributed by atoms with van der Waals surface area (Å²) in [5.74, 6) is -1.35. The Morgan fingerprint density at radius 1 is 0.837 bits per heavy atom. The van der Waals surface area contributed by atoms with Crippen molar-refractivity contribution in [1.29, 1.82) is 0 Å². The minimum Gasteiger partial charge on any atom is -0.480 e. The van der Waals surface area contributed by atoms with Crippen molar-refractivity contribution >= 4 is 35.3 Å². The highest BCUT2D eigenvalue weighted by Gasteiger charge is 2.38. The van der Waals surface area contributed by atoms with Crippen molar-refractivity contribution < 1.29 is 24.3 Å². The number of aliphatic carboxylic acids is 1. The van der Waals surface area contributed by atoms with E-state index in [0.717, 1.165) is 50.5 Å². The van der Waals surface area contributed by atoms with Gasteiger partial charge in [0, 0.05) is 18.0 Å². The van der Waals surface area contributed by atoms with Crippen molar-refractivity contribution in [3.63, 3.8) is 0 Å². The first-order valence-electron chi connectivity index (χ1n) is 16.3. The zero-order valence-electron chi connectivity index (χ0n) is 25.3. The number of carbonyl (C=O) groups excluding carboxylic acids is 3. The van der Waals surface area contributed by atoms with Gasteiger partial charge in [0.25, 0.3) is 0 Å². The maximum Gasteiger partial charge on any atom is 0.326 e. The first-order chi connectivity index (χ1) is 20.7. The van der Waals surface area contributed by atoms with E-state index in [1.54, 1.807) is 12.1 Å². The molecule has 238 valence electrons. The van der Waals surface area contributed by atoms with Gasteiger partial charge < -0.3 is 26.4 Å². The van der Waals surface area contributed by atoms with E-state index in [9.17, 15) is 24.3 Å². The zero-order chi connectivity index (χ0) is 30.8. The molecule has 0 radical (unpaired) electrons. The Bertz CT molecular complexity index is 1090. The summed E-state index contributed by atoms with van der Waals surface area (Å²) in [6, 6.07) is 3.66. The van der Waals surface area contributed by atoms with Gasteiger partial charge in [-0.2, -0.15) is 0 Å². The van der Waals surface area contributed by atoms with Crippen LogP contribution in [-0.2, 0) is 25.6 Å². The Balaban J connectivity index is 1.49. The third-order valence-corrected chi connectivity index (χ3v) is 9.91. The number of carboxylic acid groups (broad SMARTS) is 1. The standard InChI is InChI=1S/C33H49ClN4O5/c34-25-16-13-24(14-17-25)21-28(37-30(39)26(35)20-23-10-5-2-6-11-23)31(40)36-27(18-15-22-8-3-1-4-9-22)32(41)38-19-7-12-29(38)33(42)43/h13-14,16-17,22-23,26-29H,1-12,15,18-21,35H2,(H,36,40)(H,37,39)(H,42,43)/t26-,27-,28-,29-/m0/s1. The van der Waals surface area contributed by atoms with Crippen molar-refractivity contribution in [2.75, 3.05) is 6.54 Å². The Morgan fingerprint density at radius 2 is 1.44 bits per heavy atom. The molecule has 0 spiro atoms. The second-order valence-corrected chi connectivity index (χ2v) is 13.3. The van der Waals surface area contributed by atoms with Gasteiger partial charge in [0.1, 0.15) is 18.1 Å². The van der Waals surface area contributed by atoms with E-state index >= 15 is 0 Å². The quantitative estimate of drug-likeness (QED) is 0.255. The van der Waals surface area contributed by atoms with Crippen LogP contribution in [-0.4, -0.2) is 64.4 Å². The molecule has 1 saturated heterocycles. The van der Waals surface area contributed by atoms with E-state index in [1.807, 2.05) is 12.1 Å². The largest absolute Gasteiger partial charge is 0.480 e. The van der Waals surface area contributed by atoms with E-state index in [2.05, 4.69) is 10.6 Å². The van der Waals surface area contributed by atoms with Crippen LogP contribution in [0.5, 0.6) is 0 Å². The molecule has 5 N–H and O–H groups in total. The van der Waals surface area contributed by atoms with Gasteiger partial charge in [-0.05, 0) is 61.6 Å². The minimum atomic E-state index is -1.02. The summed E-state index contributed by atoms with van der Waals surface area (Å²) in [4.78, 5) is 54.2. The third kappa shape index (κ3) is 9.93. The maximum atomic E-state index is 13.9. The average molecular weight is 617 g/mol. The van der Waals surface area contributed by atoms with Crippen LogP contribution in [0.2, 0.25) is 5.02 Å². The van der Waals surface area contributed by atoms with Gasteiger partial charge in [-0.25, -0.2) is 4.79 Å². The summed E-state index contributed by atoms with van der Waals surface area (Å²) in [5, 5.41) is 16.1. The molecule has 3 fully saturated rings. The molecule has 2 aliphatic carbocycles. The number of hydrogen-bond donors (Lipinski definition) is 4. The molecule has 3 amide bonds. The second kappa shape index (κ2) is 16.4. The maximum absolute atomic E-state index is 13.9. The predicted molar refractivity (Wildman–Crippen MR) is 166 cm³/mol. The fourth-order valence-electron chi connectivity index (χ4n) is 7.13. The first kappa shape index (κ1) is 33.2. The van der Waals surface area contributed by atoms with Crippen LogP contribution in [0, 0.1) is 11.8 Å². The molecule has 4 rings (SSSR count). The number of nitrogens with one attached hydrogen (secondary N) is 2. The van der Waals surface area contributed by atoms with Gasteiger partial charge in [-0.3, -0.25) is 14.4 Å². The third-order valence-electron chi connectivity index (χ3n) is 9.66. The molecule has 0 aromatic heterocycles. The molecule has 0 bridgehead atoms. The molecule has 43 heavy (non-hydrogen) atoms. The number of hydrogen-bond acceptors (Lipinski definition) is 5. The molecular weight excluding hydrogens is 568 g/mol. The molecule has 1 heterocycles. The van der Waals surface area contributed by atoms with Crippen molar-refractivity contribution in [2.45, 2.75) is 127 Å². The number of halogens is 1. The minimum absolute atomic E-state index is 0.204. The first-order valence-corrected chi connectivity index (χ1v) is 16.7. The van der Waals surface area contributed by atoms with Gasteiger partial charge >= 0.3 is 5.97 Å². The van der Waals surface area contributed by atoms with Crippen molar-refractivity contribution in [1.82, 2.24) is 15.5 Å². The second-order valence-electron chi connectivity index (χ2n) is 12.9. The van der Waals surface area contributed by atoms with Crippen LogP contribution < -0.4 is 16.4 Å². The van der Waals surface area contributed by atoms with E-state index in [1.165, 1.54) is 30.6 Å². The summed E-state index contributed by atoms with van der Waals surface area (Å²) in [6.07, 6.45) is 14.4. The van der Waals surface area contributed by atoms with E-state index < -0.39 is 36.0 Å². The number of likely N-dealkylation sites (tertiary alicyclic amines) is 1. The summed E-state index contributed by atoms with van der Waals surface area (Å²) in [6.45, 7) is 0.354. The summed E-state index contributed by atoms with van der Waals surface area (Å²) >= 11 is 6.08. The fourth-order valence-corrected chi connectivity index (χ4v) is 7.25. The van der Waals surface area contributed by atoms with Crippen molar-refractivity contribution in [3.8, 4) is 0 Å². The Labute approximate surface area is 260 Å². The lowest BCUT2D eigenvalue weighted by molar-refractivity contribution is -0.149. The van der Waals surface area contributed by atoms with Crippen LogP contribution in [0.3, 0.4) is 0 Å². The monoisotopic (exact) mass is 616 g/mol. The van der Waals surface area contributed by atoms with Crippen LogP contribution in [0.4, 0.5) is 0 Å². The molecule has 2 saturated carbocycles. The lowest BCUT2D eigenvalue weighted by Gasteiger charge is -2.30. The highest BCUT2D eigenvalue weighted by Crippen LogP contribution is 2.29. The Morgan fingerprint density at radius 3 is 2.07 bits per heavy atom. The number of carboxylic acids is 1. The van der Waals surface area contributed by atoms with E-state index in [4.69, 9.17) is 17.3 Å². The molecule has 1 aliphatic heterocycles.